The molecule has 106 valence electrons. The smallest absolute Gasteiger partial charge is 0.254 e. The number of nitrogens with one attached hydrogen (secondary N) is 1. The van der Waals surface area contributed by atoms with E-state index >= 15 is 0 Å². The lowest BCUT2D eigenvalue weighted by Gasteiger charge is -2.39. The van der Waals surface area contributed by atoms with E-state index in [9.17, 15) is 4.79 Å². The molecule has 1 saturated carbocycles. The Hall–Kier alpha value is 0.230. The van der Waals surface area contributed by atoms with Crippen LogP contribution in [0, 0.1) is 5.92 Å². The Labute approximate surface area is 136 Å². The fraction of sp³-hybridized carbons (Fsp3) is 0.615. The predicted octanol–water partition coefficient (Wildman–Crippen LogP) is 5.13. The largest absolute Gasteiger partial charge is 0.346 e. The Bertz CT molecular complexity index is 479. The summed E-state index contributed by atoms with van der Waals surface area (Å²) in [5.74, 6) is 0.509. The highest BCUT2D eigenvalue weighted by Gasteiger charge is 2.36. The van der Waals surface area contributed by atoms with E-state index < -0.39 is 0 Å². The van der Waals surface area contributed by atoms with Crippen LogP contribution in [0.3, 0.4) is 0 Å². The Morgan fingerprint density at radius 2 is 2.37 bits per heavy atom. The van der Waals surface area contributed by atoms with Gasteiger partial charge in [-0.25, -0.2) is 0 Å². The molecule has 2 atom stereocenters. The number of carbonyl (C=O) groups is 1. The fourth-order valence-electron chi connectivity index (χ4n) is 2.73. The average molecular weight is 385 g/mol. The summed E-state index contributed by atoms with van der Waals surface area (Å²) in [6.45, 7) is 2.23. The summed E-state index contributed by atoms with van der Waals surface area (Å²) in [7, 11) is 0. The van der Waals surface area contributed by atoms with Crippen LogP contribution in [0.2, 0.25) is 8.67 Å². The Morgan fingerprint density at radius 1 is 1.63 bits per heavy atom. The molecule has 6 heteroatoms. The van der Waals surface area contributed by atoms with Crippen LogP contribution in [0.4, 0.5) is 0 Å². The average Bonchev–Trinajstić information content (AvgIpc) is 2.68. The molecule has 0 saturated heterocycles. The topological polar surface area (TPSA) is 29.1 Å². The normalized spacial score (nSPS) is 27.3. The molecule has 2 rings (SSSR count). The summed E-state index contributed by atoms with van der Waals surface area (Å²) in [6, 6.07) is 1.64. The van der Waals surface area contributed by atoms with Gasteiger partial charge in [0.1, 0.15) is 4.34 Å². The molecular formula is C13H16BrCl2NOS. The number of hydrogen-bond donors (Lipinski definition) is 1. The summed E-state index contributed by atoms with van der Waals surface area (Å²) >= 11 is 16.7. The number of thiophene rings is 1. The van der Waals surface area contributed by atoms with Crippen molar-refractivity contribution in [2.45, 2.75) is 38.1 Å². The van der Waals surface area contributed by atoms with E-state index in [1.54, 1.807) is 6.07 Å². The molecule has 1 aliphatic carbocycles. The van der Waals surface area contributed by atoms with Crippen molar-refractivity contribution in [3.63, 3.8) is 0 Å². The summed E-state index contributed by atoms with van der Waals surface area (Å²) in [5, 5.41) is 3.93. The van der Waals surface area contributed by atoms with Crippen molar-refractivity contribution in [3.05, 3.63) is 20.3 Å². The molecule has 0 aliphatic heterocycles. The van der Waals surface area contributed by atoms with Crippen molar-refractivity contribution in [2.24, 2.45) is 5.92 Å². The van der Waals surface area contributed by atoms with E-state index in [1.165, 1.54) is 17.8 Å². The Kier molecular flexibility index (Phi) is 5.21. The van der Waals surface area contributed by atoms with Gasteiger partial charge in [0.2, 0.25) is 0 Å². The van der Waals surface area contributed by atoms with Gasteiger partial charge in [-0.05, 0) is 24.8 Å². The van der Waals surface area contributed by atoms with Gasteiger partial charge in [0.15, 0.2) is 0 Å². The van der Waals surface area contributed by atoms with Crippen LogP contribution in [-0.2, 0) is 0 Å². The van der Waals surface area contributed by atoms with Gasteiger partial charge in [0.25, 0.3) is 5.91 Å². The molecule has 0 spiro atoms. The van der Waals surface area contributed by atoms with Gasteiger partial charge in [-0.15, -0.1) is 11.3 Å². The highest BCUT2D eigenvalue weighted by Crippen LogP contribution is 2.35. The third kappa shape index (κ3) is 3.66. The summed E-state index contributed by atoms with van der Waals surface area (Å²) in [6.07, 6.45) is 4.38. The van der Waals surface area contributed by atoms with Crippen LogP contribution in [-0.4, -0.2) is 16.8 Å². The van der Waals surface area contributed by atoms with Crippen LogP contribution in [0.5, 0.6) is 0 Å². The third-order valence-electron chi connectivity index (χ3n) is 3.63. The zero-order valence-corrected chi connectivity index (χ0v) is 14.6. The number of halogens is 3. The monoisotopic (exact) mass is 383 g/mol. The van der Waals surface area contributed by atoms with Crippen molar-refractivity contribution in [2.75, 3.05) is 5.33 Å². The maximum absolute atomic E-state index is 12.3. The van der Waals surface area contributed by atoms with Gasteiger partial charge in [-0.2, -0.15) is 0 Å². The van der Waals surface area contributed by atoms with Crippen molar-refractivity contribution >= 4 is 56.4 Å². The summed E-state index contributed by atoms with van der Waals surface area (Å²) in [4.78, 5) is 12.3. The molecule has 1 fully saturated rings. The minimum atomic E-state index is -0.160. The number of hydrogen-bond acceptors (Lipinski definition) is 2. The van der Waals surface area contributed by atoms with Gasteiger partial charge < -0.3 is 5.32 Å². The van der Waals surface area contributed by atoms with E-state index in [4.69, 9.17) is 23.2 Å². The minimum Gasteiger partial charge on any atom is -0.346 e. The van der Waals surface area contributed by atoms with Crippen LogP contribution in [0.1, 0.15) is 43.0 Å². The zero-order chi connectivity index (χ0) is 14.0. The maximum atomic E-state index is 12.3. The van der Waals surface area contributed by atoms with E-state index in [-0.39, 0.29) is 11.4 Å². The third-order valence-corrected chi connectivity index (χ3v) is 6.19. The maximum Gasteiger partial charge on any atom is 0.254 e. The number of rotatable bonds is 3. The van der Waals surface area contributed by atoms with Crippen LogP contribution >= 0.6 is 50.5 Å². The SMILES string of the molecule is CC1CCCC(CBr)(NC(=O)c2cc(Cl)sc2Cl)C1. The van der Waals surface area contributed by atoms with Gasteiger partial charge in [-0.1, -0.05) is 58.9 Å². The first-order valence-corrected chi connectivity index (χ1v) is 8.98. The molecular weight excluding hydrogens is 369 g/mol. The van der Waals surface area contributed by atoms with E-state index in [1.807, 2.05) is 0 Å². The number of amides is 1. The fourth-order valence-corrected chi connectivity index (χ4v) is 4.84. The molecule has 0 radical (unpaired) electrons. The quantitative estimate of drug-likeness (QED) is 0.719. The highest BCUT2D eigenvalue weighted by molar-refractivity contribution is 9.09. The predicted molar refractivity (Wildman–Crippen MR) is 86.0 cm³/mol. The van der Waals surface area contributed by atoms with Crippen LogP contribution < -0.4 is 5.32 Å². The summed E-state index contributed by atoms with van der Waals surface area (Å²) < 4.78 is 0.996. The molecule has 0 bridgehead atoms. The number of alkyl halides is 1. The van der Waals surface area contributed by atoms with Gasteiger partial charge in [-0.3, -0.25) is 4.79 Å². The first-order valence-electron chi connectivity index (χ1n) is 6.29. The first-order chi connectivity index (χ1) is 8.96. The second-order valence-corrected chi connectivity index (χ2v) is 8.15. The van der Waals surface area contributed by atoms with E-state index in [0.29, 0.717) is 20.2 Å². The van der Waals surface area contributed by atoms with Gasteiger partial charge in [0, 0.05) is 5.33 Å². The van der Waals surface area contributed by atoms with E-state index in [0.717, 1.165) is 24.6 Å². The lowest BCUT2D eigenvalue weighted by atomic mass is 9.77. The van der Waals surface area contributed by atoms with Crippen molar-refractivity contribution in [3.8, 4) is 0 Å². The Morgan fingerprint density at radius 3 is 2.89 bits per heavy atom. The summed E-state index contributed by atoms with van der Waals surface area (Å²) in [5.41, 5.74) is 0.321. The molecule has 1 aromatic rings. The molecule has 1 aromatic heterocycles. The second kappa shape index (κ2) is 6.33. The second-order valence-electron chi connectivity index (χ2n) is 5.31. The van der Waals surface area contributed by atoms with Crippen molar-refractivity contribution < 1.29 is 4.79 Å². The first kappa shape index (κ1) is 15.6. The standard InChI is InChI=1S/C13H16BrCl2NOS/c1-8-3-2-4-13(6-8,7-14)17-12(18)9-5-10(15)19-11(9)16/h5,8H,2-4,6-7H2,1H3,(H,17,18). The van der Waals surface area contributed by atoms with Crippen LogP contribution in [0.25, 0.3) is 0 Å². The lowest BCUT2D eigenvalue weighted by Crippen LogP contribution is -2.52. The van der Waals surface area contributed by atoms with Gasteiger partial charge in [0.05, 0.1) is 15.4 Å². The highest BCUT2D eigenvalue weighted by atomic mass is 79.9. The Balaban J connectivity index is 2.14. The minimum absolute atomic E-state index is 0.123. The molecule has 2 unspecified atom stereocenters. The molecule has 2 nitrogen and oxygen atoms in total. The zero-order valence-electron chi connectivity index (χ0n) is 10.6. The van der Waals surface area contributed by atoms with E-state index in [2.05, 4.69) is 28.2 Å². The molecule has 1 aliphatic rings. The molecule has 19 heavy (non-hydrogen) atoms. The van der Waals surface area contributed by atoms with Gasteiger partial charge >= 0.3 is 0 Å². The van der Waals surface area contributed by atoms with Crippen LogP contribution in [0.15, 0.2) is 6.07 Å². The molecule has 1 amide bonds. The molecule has 0 aromatic carbocycles. The lowest BCUT2D eigenvalue weighted by molar-refractivity contribution is 0.0870. The van der Waals surface area contributed by atoms with Crippen molar-refractivity contribution in [1.29, 1.82) is 0 Å². The molecule has 1 N–H and O–H groups in total. The molecule has 1 heterocycles. The number of carbonyl (C=O) groups excluding carboxylic acids is 1. The van der Waals surface area contributed by atoms with Crippen molar-refractivity contribution in [1.82, 2.24) is 5.32 Å².